The van der Waals surface area contributed by atoms with Gasteiger partial charge in [-0.2, -0.15) is 0 Å². The van der Waals surface area contributed by atoms with Crippen LogP contribution in [0.1, 0.15) is 10.4 Å². The highest BCUT2D eigenvalue weighted by Crippen LogP contribution is 2.14. The van der Waals surface area contributed by atoms with Gasteiger partial charge in [0.2, 0.25) is 0 Å². The zero-order valence-electron chi connectivity index (χ0n) is 5.96. The van der Waals surface area contributed by atoms with Crippen molar-refractivity contribution < 1.29 is 0 Å². The molecule has 58 valence electrons. The molecule has 1 nitrogen and oxygen atoms in total. The molecule has 0 unspecified atom stereocenters. The van der Waals surface area contributed by atoms with Crippen molar-refractivity contribution in [3.63, 3.8) is 0 Å². The number of nitrogens with two attached hydrogens (primary N) is 1. The van der Waals surface area contributed by atoms with Crippen molar-refractivity contribution in [1.29, 1.82) is 0 Å². The molecule has 0 atom stereocenters. The molecule has 0 aromatic carbocycles. The average Bonchev–Trinajstić information content (AvgIpc) is 2.18. The van der Waals surface area contributed by atoms with E-state index in [1.807, 2.05) is 0 Å². The summed E-state index contributed by atoms with van der Waals surface area (Å²) in [6, 6.07) is 2.13. The second-order valence-corrected chi connectivity index (χ2v) is 3.07. The SMILES string of the molecule is Cc1ccsc1CCN.Cl. The van der Waals surface area contributed by atoms with E-state index in [1.165, 1.54) is 10.4 Å². The second-order valence-electron chi connectivity index (χ2n) is 2.07. The summed E-state index contributed by atoms with van der Waals surface area (Å²) in [7, 11) is 0. The number of rotatable bonds is 2. The standard InChI is InChI=1S/C7H11NS.ClH/c1-6-3-5-9-7(6)2-4-8;/h3,5H,2,4,8H2,1H3;1H. The monoisotopic (exact) mass is 177 g/mol. The van der Waals surface area contributed by atoms with E-state index in [0.717, 1.165) is 13.0 Å². The highest BCUT2D eigenvalue weighted by molar-refractivity contribution is 7.10. The van der Waals surface area contributed by atoms with Crippen LogP contribution in [0.5, 0.6) is 0 Å². The average molecular weight is 178 g/mol. The smallest absolute Gasteiger partial charge is 0.00869 e. The summed E-state index contributed by atoms with van der Waals surface area (Å²) in [6.45, 7) is 2.89. The predicted octanol–water partition coefficient (Wildman–Crippen LogP) is 1.98. The number of thiophene rings is 1. The molecular weight excluding hydrogens is 166 g/mol. The Kier molecular flexibility index (Phi) is 4.69. The molecule has 3 heteroatoms. The topological polar surface area (TPSA) is 26.0 Å². The van der Waals surface area contributed by atoms with Crippen LogP contribution in [0.3, 0.4) is 0 Å². The van der Waals surface area contributed by atoms with Gasteiger partial charge < -0.3 is 5.73 Å². The van der Waals surface area contributed by atoms with Gasteiger partial charge in [0.15, 0.2) is 0 Å². The van der Waals surface area contributed by atoms with E-state index in [0.29, 0.717) is 0 Å². The molecule has 1 aromatic rings. The lowest BCUT2D eigenvalue weighted by atomic mass is 10.2. The largest absolute Gasteiger partial charge is 0.330 e. The van der Waals surface area contributed by atoms with E-state index in [4.69, 9.17) is 5.73 Å². The maximum absolute atomic E-state index is 5.40. The normalized spacial score (nSPS) is 9.00. The number of aryl methyl sites for hydroxylation is 1. The quantitative estimate of drug-likeness (QED) is 0.735. The number of hydrogen-bond acceptors (Lipinski definition) is 2. The van der Waals surface area contributed by atoms with Crippen LogP contribution in [-0.4, -0.2) is 6.54 Å². The lowest BCUT2D eigenvalue weighted by molar-refractivity contribution is 0.980. The van der Waals surface area contributed by atoms with Crippen LogP contribution in [0.15, 0.2) is 11.4 Å². The molecular formula is C7H12ClNS. The zero-order valence-corrected chi connectivity index (χ0v) is 7.60. The third-order valence-electron chi connectivity index (χ3n) is 1.34. The van der Waals surface area contributed by atoms with E-state index in [1.54, 1.807) is 11.3 Å². The molecule has 0 saturated heterocycles. The van der Waals surface area contributed by atoms with Crippen LogP contribution in [0.2, 0.25) is 0 Å². The molecule has 1 rings (SSSR count). The molecule has 0 aliphatic carbocycles. The summed E-state index contributed by atoms with van der Waals surface area (Å²) in [5, 5.41) is 2.11. The molecule has 0 aliphatic heterocycles. The van der Waals surface area contributed by atoms with Crippen LogP contribution >= 0.6 is 23.7 Å². The molecule has 0 aliphatic rings. The van der Waals surface area contributed by atoms with Crippen LogP contribution in [0.25, 0.3) is 0 Å². The minimum Gasteiger partial charge on any atom is -0.330 e. The summed E-state index contributed by atoms with van der Waals surface area (Å²) >= 11 is 1.79. The molecule has 1 heterocycles. The van der Waals surface area contributed by atoms with Crippen molar-refractivity contribution in [1.82, 2.24) is 0 Å². The van der Waals surface area contributed by atoms with Gasteiger partial charge in [-0.3, -0.25) is 0 Å². The third kappa shape index (κ3) is 2.29. The minimum atomic E-state index is 0. The Morgan fingerprint density at radius 2 is 2.30 bits per heavy atom. The molecule has 0 amide bonds. The fraction of sp³-hybridized carbons (Fsp3) is 0.429. The van der Waals surface area contributed by atoms with Crippen LogP contribution < -0.4 is 5.73 Å². The van der Waals surface area contributed by atoms with E-state index >= 15 is 0 Å². The van der Waals surface area contributed by atoms with Gasteiger partial charge in [0.1, 0.15) is 0 Å². The Hall–Kier alpha value is -0.0500. The summed E-state index contributed by atoms with van der Waals surface area (Å²) < 4.78 is 0. The van der Waals surface area contributed by atoms with E-state index < -0.39 is 0 Å². The molecule has 0 spiro atoms. The second kappa shape index (κ2) is 4.72. The van der Waals surface area contributed by atoms with Gasteiger partial charge in [0.05, 0.1) is 0 Å². The van der Waals surface area contributed by atoms with Crippen molar-refractivity contribution in [2.24, 2.45) is 5.73 Å². The predicted molar refractivity (Wildman–Crippen MR) is 49.1 cm³/mol. The summed E-state index contributed by atoms with van der Waals surface area (Å²) in [5.74, 6) is 0. The van der Waals surface area contributed by atoms with Gasteiger partial charge in [-0.05, 0) is 36.9 Å². The molecule has 0 radical (unpaired) electrons. The van der Waals surface area contributed by atoms with Crippen LogP contribution in [0, 0.1) is 6.92 Å². The molecule has 0 saturated carbocycles. The number of halogens is 1. The lowest BCUT2D eigenvalue weighted by Gasteiger charge is -1.92. The van der Waals surface area contributed by atoms with E-state index in [2.05, 4.69) is 18.4 Å². The molecule has 2 N–H and O–H groups in total. The third-order valence-corrected chi connectivity index (χ3v) is 2.42. The van der Waals surface area contributed by atoms with Crippen molar-refractivity contribution >= 4 is 23.7 Å². The maximum atomic E-state index is 5.40. The van der Waals surface area contributed by atoms with Crippen LogP contribution in [0.4, 0.5) is 0 Å². The fourth-order valence-corrected chi connectivity index (χ4v) is 1.72. The van der Waals surface area contributed by atoms with Crippen molar-refractivity contribution in [3.8, 4) is 0 Å². The van der Waals surface area contributed by atoms with Crippen molar-refractivity contribution in [3.05, 3.63) is 21.9 Å². The van der Waals surface area contributed by atoms with Gasteiger partial charge >= 0.3 is 0 Å². The van der Waals surface area contributed by atoms with Gasteiger partial charge in [-0.1, -0.05) is 0 Å². The summed E-state index contributed by atoms with van der Waals surface area (Å²) in [4.78, 5) is 1.43. The Balaban J connectivity index is 0.000000810. The first kappa shape index (κ1) is 9.95. The zero-order chi connectivity index (χ0) is 6.69. The number of hydrogen-bond donors (Lipinski definition) is 1. The highest BCUT2D eigenvalue weighted by atomic mass is 35.5. The first-order valence-electron chi connectivity index (χ1n) is 3.07. The highest BCUT2D eigenvalue weighted by Gasteiger charge is 1.95. The Morgan fingerprint density at radius 3 is 2.70 bits per heavy atom. The van der Waals surface area contributed by atoms with Gasteiger partial charge in [-0.25, -0.2) is 0 Å². The van der Waals surface area contributed by atoms with Gasteiger partial charge in [-0.15, -0.1) is 23.7 Å². The Bertz CT molecular complexity index is 185. The van der Waals surface area contributed by atoms with Gasteiger partial charge in [0, 0.05) is 4.88 Å². The van der Waals surface area contributed by atoms with E-state index in [9.17, 15) is 0 Å². The van der Waals surface area contributed by atoms with E-state index in [-0.39, 0.29) is 12.4 Å². The molecule has 0 fully saturated rings. The van der Waals surface area contributed by atoms with Gasteiger partial charge in [0.25, 0.3) is 0 Å². The first-order valence-corrected chi connectivity index (χ1v) is 3.95. The van der Waals surface area contributed by atoms with Crippen molar-refractivity contribution in [2.45, 2.75) is 13.3 Å². The first-order chi connectivity index (χ1) is 4.34. The molecule has 1 aromatic heterocycles. The lowest BCUT2D eigenvalue weighted by Crippen LogP contribution is -2.01. The molecule has 10 heavy (non-hydrogen) atoms. The summed E-state index contributed by atoms with van der Waals surface area (Å²) in [6.07, 6.45) is 1.03. The van der Waals surface area contributed by atoms with Crippen molar-refractivity contribution in [2.75, 3.05) is 6.54 Å². The summed E-state index contributed by atoms with van der Waals surface area (Å²) in [5.41, 5.74) is 6.78. The maximum Gasteiger partial charge on any atom is 0.00869 e. The Morgan fingerprint density at radius 1 is 1.60 bits per heavy atom. The molecule has 0 bridgehead atoms. The fourth-order valence-electron chi connectivity index (χ4n) is 0.791. The minimum absolute atomic E-state index is 0. The Labute approximate surface area is 71.7 Å². The van der Waals surface area contributed by atoms with Crippen LogP contribution in [-0.2, 0) is 6.42 Å².